The molecule has 0 amide bonds. The molecule has 0 fully saturated rings. The molecular weight excluding hydrogens is 286 g/mol. The first-order valence-electron chi connectivity index (χ1n) is 7.21. The molecule has 2 rings (SSSR count). The Hall–Kier alpha value is -1.45. The van der Waals surface area contributed by atoms with Gasteiger partial charge in [-0.2, -0.15) is 0 Å². The van der Waals surface area contributed by atoms with Crippen molar-refractivity contribution in [3.8, 4) is 5.75 Å². The monoisotopic (exact) mass is 307 g/mol. The van der Waals surface area contributed by atoms with Gasteiger partial charge in [-0.3, -0.25) is 0 Å². The smallest absolute Gasteiger partial charge is 0.138 e. The van der Waals surface area contributed by atoms with E-state index in [1.807, 2.05) is 31.2 Å². The van der Waals surface area contributed by atoms with E-state index in [0.717, 1.165) is 23.4 Å². The second-order valence-corrected chi connectivity index (χ2v) is 6.02. The number of furan rings is 1. The third kappa shape index (κ3) is 4.80. The molecule has 0 aliphatic carbocycles. The highest BCUT2D eigenvalue weighted by atomic mass is 35.5. The quantitative estimate of drug-likeness (QED) is 0.814. The summed E-state index contributed by atoms with van der Waals surface area (Å²) in [5, 5.41) is 4.01. The van der Waals surface area contributed by atoms with Crippen molar-refractivity contribution >= 4 is 11.6 Å². The number of rotatable bonds is 7. The van der Waals surface area contributed by atoms with Crippen LogP contribution in [-0.2, 0) is 13.2 Å². The number of benzene rings is 1. The Balaban J connectivity index is 1.92. The standard InChI is InChI=1S/C17H22ClNO2/c1-12(2)9-19-10-17-14(6-7-20-17)11-21-16-5-4-13(3)8-15(16)18/h4-8,12,19H,9-11H2,1-3H3. The lowest BCUT2D eigenvalue weighted by Crippen LogP contribution is -2.19. The molecule has 0 spiro atoms. The van der Waals surface area contributed by atoms with Crippen LogP contribution in [0.2, 0.25) is 5.02 Å². The molecule has 0 saturated carbocycles. The molecule has 114 valence electrons. The maximum atomic E-state index is 6.17. The van der Waals surface area contributed by atoms with Gasteiger partial charge in [-0.1, -0.05) is 31.5 Å². The average molecular weight is 308 g/mol. The Kier molecular flexibility index (Phi) is 5.71. The molecular formula is C17H22ClNO2. The highest BCUT2D eigenvalue weighted by Gasteiger charge is 2.09. The SMILES string of the molecule is Cc1ccc(OCc2ccoc2CNCC(C)C)c(Cl)c1. The lowest BCUT2D eigenvalue weighted by Gasteiger charge is -2.10. The molecule has 0 bridgehead atoms. The van der Waals surface area contributed by atoms with Crippen LogP contribution in [0.25, 0.3) is 0 Å². The summed E-state index contributed by atoms with van der Waals surface area (Å²) in [6.07, 6.45) is 1.70. The van der Waals surface area contributed by atoms with Crippen LogP contribution in [0.4, 0.5) is 0 Å². The van der Waals surface area contributed by atoms with Gasteiger partial charge in [0.05, 0.1) is 17.8 Å². The average Bonchev–Trinajstić information content (AvgIpc) is 2.85. The van der Waals surface area contributed by atoms with E-state index in [-0.39, 0.29) is 0 Å². The molecule has 4 heteroatoms. The molecule has 1 aromatic carbocycles. The van der Waals surface area contributed by atoms with Crippen LogP contribution in [0.5, 0.6) is 5.75 Å². The molecule has 0 aliphatic rings. The van der Waals surface area contributed by atoms with Gasteiger partial charge in [0.25, 0.3) is 0 Å². The van der Waals surface area contributed by atoms with Gasteiger partial charge in [0, 0.05) is 5.56 Å². The maximum Gasteiger partial charge on any atom is 0.138 e. The Labute approximate surface area is 131 Å². The van der Waals surface area contributed by atoms with Crippen LogP contribution in [0.15, 0.2) is 34.9 Å². The fraction of sp³-hybridized carbons (Fsp3) is 0.412. The molecule has 0 radical (unpaired) electrons. The van der Waals surface area contributed by atoms with Gasteiger partial charge in [0.15, 0.2) is 0 Å². The molecule has 3 nitrogen and oxygen atoms in total. The van der Waals surface area contributed by atoms with Crippen molar-refractivity contribution in [2.75, 3.05) is 6.54 Å². The first kappa shape index (κ1) is 15.9. The number of hydrogen-bond donors (Lipinski definition) is 1. The third-order valence-corrected chi connectivity index (χ3v) is 3.44. The fourth-order valence-electron chi connectivity index (χ4n) is 2.00. The lowest BCUT2D eigenvalue weighted by atomic mass is 10.2. The third-order valence-electron chi connectivity index (χ3n) is 3.15. The van der Waals surface area contributed by atoms with Crippen molar-refractivity contribution in [1.29, 1.82) is 0 Å². The van der Waals surface area contributed by atoms with E-state index in [2.05, 4.69) is 19.2 Å². The van der Waals surface area contributed by atoms with Gasteiger partial charge < -0.3 is 14.5 Å². The predicted molar refractivity (Wildman–Crippen MR) is 85.8 cm³/mol. The summed E-state index contributed by atoms with van der Waals surface area (Å²) in [6, 6.07) is 7.72. The molecule has 1 aromatic heterocycles. The zero-order valence-corrected chi connectivity index (χ0v) is 13.5. The number of ether oxygens (including phenoxy) is 1. The van der Waals surface area contributed by atoms with Gasteiger partial charge in [-0.15, -0.1) is 0 Å². The molecule has 0 saturated heterocycles. The van der Waals surface area contributed by atoms with Crippen molar-refractivity contribution in [2.45, 2.75) is 33.9 Å². The summed E-state index contributed by atoms with van der Waals surface area (Å²) in [6.45, 7) is 8.50. The van der Waals surface area contributed by atoms with Crippen LogP contribution >= 0.6 is 11.6 Å². The summed E-state index contributed by atoms with van der Waals surface area (Å²) < 4.78 is 11.3. The van der Waals surface area contributed by atoms with Gasteiger partial charge in [0.1, 0.15) is 18.1 Å². The van der Waals surface area contributed by atoms with E-state index in [0.29, 0.717) is 29.8 Å². The molecule has 21 heavy (non-hydrogen) atoms. The maximum absolute atomic E-state index is 6.17. The van der Waals surface area contributed by atoms with Crippen LogP contribution in [0, 0.1) is 12.8 Å². The van der Waals surface area contributed by atoms with Gasteiger partial charge in [-0.05, 0) is 43.1 Å². The minimum Gasteiger partial charge on any atom is -0.487 e. The second-order valence-electron chi connectivity index (χ2n) is 5.62. The van der Waals surface area contributed by atoms with Crippen LogP contribution < -0.4 is 10.1 Å². The van der Waals surface area contributed by atoms with E-state index in [4.69, 9.17) is 20.8 Å². The summed E-state index contributed by atoms with van der Waals surface area (Å²) in [5.41, 5.74) is 2.16. The van der Waals surface area contributed by atoms with Crippen molar-refractivity contribution < 1.29 is 9.15 Å². The number of aryl methyl sites for hydroxylation is 1. The highest BCUT2D eigenvalue weighted by Crippen LogP contribution is 2.26. The van der Waals surface area contributed by atoms with Crippen LogP contribution in [0.3, 0.4) is 0 Å². The van der Waals surface area contributed by atoms with Gasteiger partial charge >= 0.3 is 0 Å². The van der Waals surface area contributed by atoms with Crippen molar-refractivity contribution in [1.82, 2.24) is 5.32 Å². The number of hydrogen-bond acceptors (Lipinski definition) is 3. The molecule has 2 aromatic rings. The van der Waals surface area contributed by atoms with E-state index in [9.17, 15) is 0 Å². The van der Waals surface area contributed by atoms with E-state index < -0.39 is 0 Å². The summed E-state index contributed by atoms with van der Waals surface area (Å²) in [7, 11) is 0. The first-order valence-corrected chi connectivity index (χ1v) is 7.59. The zero-order chi connectivity index (χ0) is 15.2. The lowest BCUT2D eigenvalue weighted by molar-refractivity contribution is 0.301. The first-order chi connectivity index (χ1) is 10.1. The van der Waals surface area contributed by atoms with Crippen molar-refractivity contribution in [3.63, 3.8) is 0 Å². The molecule has 0 aliphatic heterocycles. The molecule has 0 unspecified atom stereocenters. The largest absolute Gasteiger partial charge is 0.487 e. The second kappa shape index (κ2) is 7.53. The summed E-state index contributed by atoms with van der Waals surface area (Å²) in [4.78, 5) is 0. The number of halogens is 1. The summed E-state index contributed by atoms with van der Waals surface area (Å²) in [5.74, 6) is 2.23. The minimum absolute atomic E-state index is 0.456. The fourth-order valence-corrected chi connectivity index (χ4v) is 2.29. The normalized spacial score (nSPS) is 11.1. The predicted octanol–water partition coefficient (Wildman–Crippen LogP) is 4.57. The Morgan fingerprint density at radius 2 is 2.10 bits per heavy atom. The van der Waals surface area contributed by atoms with E-state index in [1.54, 1.807) is 6.26 Å². The number of nitrogens with one attached hydrogen (secondary N) is 1. The topological polar surface area (TPSA) is 34.4 Å². The molecule has 0 atom stereocenters. The zero-order valence-electron chi connectivity index (χ0n) is 12.8. The highest BCUT2D eigenvalue weighted by molar-refractivity contribution is 6.32. The Bertz CT molecular complexity index is 578. The van der Waals surface area contributed by atoms with Gasteiger partial charge in [-0.25, -0.2) is 0 Å². The summed E-state index contributed by atoms with van der Waals surface area (Å²) >= 11 is 6.17. The van der Waals surface area contributed by atoms with Crippen LogP contribution in [0.1, 0.15) is 30.7 Å². The Morgan fingerprint density at radius 1 is 1.29 bits per heavy atom. The minimum atomic E-state index is 0.456. The van der Waals surface area contributed by atoms with E-state index in [1.165, 1.54) is 0 Å². The van der Waals surface area contributed by atoms with Gasteiger partial charge in [0.2, 0.25) is 0 Å². The molecule has 1 N–H and O–H groups in total. The Morgan fingerprint density at radius 3 is 2.81 bits per heavy atom. The van der Waals surface area contributed by atoms with Crippen LogP contribution in [-0.4, -0.2) is 6.54 Å². The van der Waals surface area contributed by atoms with Crippen molar-refractivity contribution in [3.05, 3.63) is 52.4 Å². The molecule has 1 heterocycles. The van der Waals surface area contributed by atoms with E-state index >= 15 is 0 Å². The van der Waals surface area contributed by atoms with Crippen molar-refractivity contribution in [2.24, 2.45) is 5.92 Å².